The molecular weight excluding hydrogens is 312 g/mol. The van der Waals surface area contributed by atoms with Crippen LogP contribution in [0, 0.1) is 0 Å². The number of allylic oxidation sites excluding steroid dienone is 2. The lowest BCUT2D eigenvalue weighted by Crippen LogP contribution is -2.29. The highest BCUT2D eigenvalue weighted by Gasteiger charge is 2.19. The van der Waals surface area contributed by atoms with Crippen molar-refractivity contribution in [2.45, 2.75) is 13.3 Å². The molecule has 2 aromatic heterocycles. The van der Waals surface area contributed by atoms with Gasteiger partial charge >= 0.3 is 0 Å². The zero-order valence-electron chi connectivity index (χ0n) is 14.6. The molecule has 0 saturated carbocycles. The number of rotatable bonds is 6. The summed E-state index contributed by atoms with van der Waals surface area (Å²) in [5, 5.41) is 1.66. The van der Waals surface area contributed by atoms with Gasteiger partial charge in [-0.1, -0.05) is 44.0 Å². The minimum absolute atomic E-state index is 0.119. The van der Waals surface area contributed by atoms with Gasteiger partial charge in [0.05, 0.1) is 5.35 Å². The molecule has 0 aromatic carbocycles. The molecule has 1 N–H and O–H groups in total. The second kappa shape index (κ2) is 7.62. The number of pyridine rings is 1. The SMILES string of the molecule is C=Cc1c(C(/C=C\C)=c2\[nH]ccc2=C)c(CC=O)n(C)c(=O)c1C=C. The summed E-state index contributed by atoms with van der Waals surface area (Å²) in [7, 11) is 1.66. The molecule has 0 unspecified atom stereocenters. The molecule has 0 aliphatic carbocycles. The molecule has 0 atom stereocenters. The summed E-state index contributed by atoms with van der Waals surface area (Å²) in [5.74, 6) is 0. The van der Waals surface area contributed by atoms with Crippen molar-refractivity contribution in [3.8, 4) is 0 Å². The molecule has 0 radical (unpaired) electrons. The lowest BCUT2D eigenvalue weighted by atomic mass is 9.92. The van der Waals surface area contributed by atoms with Gasteiger partial charge in [-0.25, -0.2) is 0 Å². The third-order valence-corrected chi connectivity index (χ3v) is 4.18. The molecule has 0 aliphatic rings. The number of nitrogens with one attached hydrogen (secondary N) is 1. The summed E-state index contributed by atoms with van der Waals surface area (Å²) in [6.45, 7) is 13.6. The minimum Gasteiger partial charge on any atom is -0.361 e. The highest BCUT2D eigenvalue weighted by molar-refractivity contribution is 5.84. The van der Waals surface area contributed by atoms with Crippen LogP contribution in [0.2, 0.25) is 0 Å². The second-order valence-electron chi connectivity index (χ2n) is 5.58. The van der Waals surface area contributed by atoms with Crippen molar-refractivity contribution >= 4 is 30.6 Å². The number of aldehydes is 1. The van der Waals surface area contributed by atoms with E-state index in [1.165, 1.54) is 10.6 Å². The maximum Gasteiger partial charge on any atom is 0.258 e. The van der Waals surface area contributed by atoms with E-state index in [-0.39, 0.29) is 12.0 Å². The topological polar surface area (TPSA) is 54.9 Å². The van der Waals surface area contributed by atoms with Gasteiger partial charge in [-0.2, -0.15) is 0 Å². The lowest BCUT2D eigenvalue weighted by Gasteiger charge is -2.18. The van der Waals surface area contributed by atoms with Gasteiger partial charge in [0.1, 0.15) is 6.29 Å². The molecule has 0 bridgehead atoms. The molecule has 0 aliphatic heterocycles. The standard InChI is InChI=1S/C21H22N2O2/c1-6-9-17(20-14(4)10-12-22-20)19-15(7-2)16(8-3)21(25)23(5)18(19)11-13-24/h6-10,12-13,22H,2-4,11H2,1,5H3/b9-6-,20-17-. The summed E-state index contributed by atoms with van der Waals surface area (Å²) in [6.07, 6.45) is 9.74. The molecule has 4 nitrogen and oxygen atoms in total. The smallest absolute Gasteiger partial charge is 0.258 e. The number of aromatic amines is 1. The number of hydrogen-bond donors (Lipinski definition) is 1. The van der Waals surface area contributed by atoms with E-state index in [2.05, 4.69) is 24.7 Å². The fourth-order valence-electron chi connectivity index (χ4n) is 3.01. The number of hydrogen-bond acceptors (Lipinski definition) is 2. The number of carbonyl (C=O) groups is 1. The molecule has 0 spiro atoms. The average molecular weight is 334 g/mol. The minimum atomic E-state index is -0.202. The van der Waals surface area contributed by atoms with Crippen molar-refractivity contribution in [2.75, 3.05) is 0 Å². The zero-order valence-corrected chi connectivity index (χ0v) is 14.6. The predicted octanol–water partition coefficient (Wildman–Crippen LogP) is 1.93. The number of aromatic nitrogens is 2. The van der Waals surface area contributed by atoms with Gasteiger partial charge < -0.3 is 14.3 Å². The molecule has 25 heavy (non-hydrogen) atoms. The molecule has 2 aromatic rings. The Hall–Kier alpha value is -3.14. The zero-order chi connectivity index (χ0) is 18.6. The first-order valence-corrected chi connectivity index (χ1v) is 7.95. The van der Waals surface area contributed by atoms with Crippen LogP contribution in [0.4, 0.5) is 0 Å². The van der Waals surface area contributed by atoms with Gasteiger partial charge in [0.15, 0.2) is 0 Å². The molecule has 0 saturated heterocycles. The Morgan fingerprint density at radius 1 is 1.28 bits per heavy atom. The van der Waals surface area contributed by atoms with Gasteiger partial charge in [0.25, 0.3) is 5.56 Å². The maximum atomic E-state index is 12.6. The second-order valence-corrected chi connectivity index (χ2v) is 5.58. The van der Waals surface area contributed by atoms with E-state index in [0.29, 0.717) is 16.8 Å². The Labute approximate surface area is 146 Å². The summed E-state index contributed by atoms with van der Waals surface area (Å²) < 4.78 is 1.50. The van der Waals surface area contributed by atoms with Gasteiger partial charge in [0, 0.05) is 42.1 Å². The summed E-state index contributed by atoms with van der Waals surface area (Å²) in [4.78, 5) is 27.1. The van der Waals surface area contributed by atoms with Crippen LogP contribution in [-0.4, -0.2) is 15.8 Å². The Balaban J connectivity index is 3.19. The van der Waals surface area contributed by atoms with E-state index in [0.717, 1.165) is 28.0 Å². The van der Waals surface area contributed by atoms with Crippen molar-refractivity contribution < 1.29 is 4.79 Å². The van der Waals surface area contributed by atoms with Crippen LogP contribution in [0.25, 0.3) is 24.3 Å². The van der Waals surface area contributed by atoms with Crippen LogP contribution < -0.4 is 16.1 Å². The van der Waals surface area contributed by atoms with Crippen LogP contribution in [0.3, 0.4) is 0 Å². The molecule has 128 valence electrons. The van der Waals surface area contributed by atoms with Crippen LogP contribution in [0.15, 0.2) is 42.4 Å². The van der Waals surface area contributed by atoms with E-state index in [4.69, 9.17) is 0 Å². The van der Waals surface area contributed by atoms with Crippen molar-refractivity contribution in [1.82, 2.24) is 9.55 Å². The van der Waals surface area contributed by atoms with E-state index in [1.54, 1.807) is 13.1 Å². The van der Waals surface area contributed by atoms with Crippen molar-refractivity contribution in [3.63, 3.8) is 0 Å². The Morgan fingerprint density at radius 3 is 2.44 bits per heavy atom. The van der Waals surface area contributed by atoms with Gasteiger partial charge in [0.2, 0.25) is 0 Å². The third kappa shape index (κ3) is 3.11. The van der Waals surface area contributed by atoms with Gasteiger partial charge in [-0.05, 0) is 23.8 Å². The van der Waals surface area contributed by atoms with Crippen LogP contribution in [0.5, 0.6) is 0 Å². The van der Waals surface area contributed by atoms with Crippen LogP contribution in [-0.2, 0) is 18.3 Å². The van der Waals surface area contributed by atoms with E-state index in [9.17, 15) is 9.59 Å². The first-order valence-electron chi connectivity index (χ1n) is 7.95. The molecule has 0 fully saturated rings. The first kappa shape index (κ1) is 18.2. The van der Waals surface area contributed by atoms with E-state index < -0.39 is 0 Å². The largest absolute Gasteiger partial charge is 0.361 e. The maximum absolute atomic E-state index is 12.6. The van der Waals surface area contributed by atoms with Gasteiger partial charge in [-0.15, -0.1) is 0 Å². The fraction of sp³-hybridized carbons (Fsp3) is 0.143. The number of carbonyl (C=O) groups excluding carboxylic acids is 1. The Bertz CT molecular complexity index is 1030. The van der Waals surface area contributed by atoms with Crippen molar-refractivity contribution in [1.29, 1.82) is 0 Å². The average Bonchev–Trinajstić information content (AvgIpc) is 3.03. The quantitative estimate of drug-likeness (QED) is 0.821. The monoisotopic (exact) mass is 334 g/mol. The Kier molecular flexibility index (Phi) is 5.55. The fourth-order valence-corrected chi connectivity index (χ4v) is 3.01. The summed E-state index contributed by atoms with van der Waals surface area (Å²) in [5.41, 5.74) is 3.18. The highest BCUT2D eigenvalue weighted by atomic mass is 16.1. The molecule has 4 heteroatoms. The normalized spacial score (nSPS) is 12.2. The molecule has 2 heterocycles. The molecule has 2 rings (SSSR count). The molecular formula is C21H22N2O2. The first-order chi connectivity index (χ1) is 12.0. The molecule has 0 amide bonds. The number of nitrogens with zero attached hydrogens (tertiary/aromatic N) is 1. The van der Waals surface area contributed by atoms with Crippen molar-refractivity contribution in [2.24, 2.45) is 7.05 Å². The lowest BCUT2D eigenvalue weighted by molar-refractivity contribution is -0.107. The summed E-state index contributed by atoms with van der Waals surface area (Å²) >= 11 is 0. The van der Waals surface area contributed by atoms with Crippen LogP contribution in [0.1, 0.15) is 29.3 Å². The van der Waals surface area contributed by atoms with E-state index in [1.807, 2.05) is 31.3 Å². The summed E-state index contributed by atoms with van der Waals surface area (Å²) in [6, 6.07) is 1.88. The Morgan fingerprint density at radius 2 is 1.96 bits per heavy atom. The third-order valence-electron chi connectivity index (χ3n) is 4.18. The van der Waals surface area contributed by atoms with E-state index >= 15 is 0 Å². The van der Waals surface area contributed by atoms with Crippen molar-refractivity contribution in [3.05, 3.63) is 80.9 Å². The van der Waals surface area contributed by atoms with Crippen LogP contribution >= 0.6 is 0 Å². The number of H-pyrrole nitrogens is 1. The highest BCUT2D eigenvalue weighted by Crippen LogP contribution is 2.26. The predicted molar refractivity (Wildman–Crippen MR) is 105 cm³/mol. The van der Waals surface area contributed by atoms with Gasteiger partial charge in [-0.3, -0.25) is 4.79 Å².